The lowest BCUT2D eigenvalue weighted by molar-refractivity contribution is -0.139. The van der Waals surface area contributed by atoms with Gasteiger partial charge in [0.1, 0.15) is 0 Å². The zero-order chi connectivity index (χ0) is 11.4. The summed E-state index contributed by atoms with van der Waals surface area (Å²) in [6.07, 6.45) is -2.54. The summed E-state index contributed by atoms with van der Waals surface area (Å²) in [5.41, 5.74) is 0.568. The first-order valence-electron chi connectivity index (χ1n) is 4.36. The Balaban J connectivity index is 2.87. The van der Waals surface area contributed by atoms with Crippen LogP contribution in [0.25, 0.3) is 0 Å². The number of aromatic nitrogens is 1. The fourth-order valence-corrected chi connectivity index (χ4v) is 1.17. The van der Waals surface area contributed by atoms with Gasteiger partial charge in [-0.1, -0.05) is 0 Å². The first-order valence-corrected chi connectivity index (χ1v) is 4.36. The van der Waals surface area contributed by atoms with Crippen molar-refractivity contribution < 1.29 is 18.3 Å². The molecule has 3 nitrogen and oxygen atoms in total. The molecule has 0 atom stereocenters. The zero-order valence-electron chi connectivity index (χ0n) is 8.46. The van der Waals surface area contributed by atoms with E-state index in [4.69, 9.17) is 0 Å². The quantitative estimate of drug-likeness (QED) is 0.724. The summed E-state index contributed by atoms with van der Waals surface area (Å²) in [6.45, 7) is 1.49. The van der Waals surface area contributed by atoms with E-state index < -0.39 is 12.4 Å². The van der Waals surface area contributed by atoms with Gasteiger partial charge in [0.05, 0.1) is 19.2 Å². The first-order chi connectivity index (χ1) is 7.04. The standard InChI is InChI=1S/C10H11F2NO2/c1-6-8(10(11)12)4-3-7(13-6)5-9(14)15-2/h3-4,10H,5H2,1-2H3. The van der Waals surface area contributed by atoms with Gasteiger partial charge in [0.15, 0.2) is 0 Å². The number of ether oxygens (including phenoxy) is 1. The average molecular weight is 215 g/mol. The molecule has 0 N–H and O–H groups in total. The molecule has 1 aromatic rings. The van der Waals surface area contributed by atoms with Crippen molar-refractivity contribution in [3.63, 3.8) is 0 Å². The number of hydrogen-bond acceptors (Lipinski definition) is 3. The van der Waals surface area contributed by atoms with Crippen LogP contribution in [0.3, 0.4) is 0 Å². The highest BCUT2D eigenvalue weighted by Crippen LogP contribution is 2.21. The Bertz CT molecular complexity index is 366. The van der Waals surface area contributed by atoms with Gasteiger partial charge in [0.2, 0.25) is 0 Å². The molecule has 1 rings (SSSR count). The van der Waals surface area contributed by atoms with Crippen LogP contribution in [0.5, 0.6) is 0 Å². The Morgan fingerprint density at radius 2 is 2.20 bits per heavy atom. The number of alkyl halides is 2. The zero-order valence-corrected chi connectivity index (χ0v) is 8.46. The third-order valence-corrected chi connectivity index (χ3v) is 1.97. The van der Waals surface area contributed by atoms with Gasteiger partial charge >= 0.3 is 5.97 Å². The van der Waals surface area contributed by atoms with Crippen LogP contribution in [-0.2, 0) is 16.0 Å². The number of pyridine rings is 1. The summed E-state index contributed by atoms with van der Waals surface area (Å²) < 4.78 is 29.2. The molecule has 15 heavy (non-hydrogen) atoms. The van der Waals surface area contributed by atoms with Crippen molar-refractivity contribution in [3.8, 4) is 0 Å². The molecule has 0 saturated heterocycles. The number of nitrogens with zero attached hydrogens (tertiary/aromatic N) is 1. The van der Waals surface area contributed by atoms with Gasteiger partial charge in [-0.15, -0.1) is 0 Å². The second-order valence-electron chi connectivity index (χ2n) is 3.03. The molecule has 82 valence electrons. The molecule has 1 aromatic heterocycles. The minimum Gasteiger partial charge on any atom is -0.469 e. The van der Waals surface area contributed by atoms with E-state index in [1.54, 1.807) is 0 Å². The maximum absolute atomic E-state index is 12.4. The molecule has 0 aromatic carbocycles. The number of methoxy groups -OCH3 is 1. The SMILES string of the molecule is COC(=O)Cc1ccc(C(F)F)c(C)n1. The average Bonchev–Trinajstić information content (AvgIpc) is 2.17. The van der Waals surface area contributed by atoms with Gasteiger partial charge in [0.25, 0.3) is 6.43 Å². The highest BCUT2D eigenvalue weighted by atomic mass is 19.3. The van der Waals surface area contributed by atoms with Crippen molar-refractivity contribution in [2.24, 2.45) is 0 Å². The molecule has 1 heterocycles. The summed E-state index contributed by atoms with van der Waals surface area (Å²) in [4.78, 5) is 14.8. The second kappa shape index (κ2) is 4.82. The fourth-order valence-electron chi connectivity index (χ4n) is 1.17. The van der Waals surface area contributed by atoms with Crippen molar-refractivity contribution in [2.45, 2.75) is 19.8 Å². The predicted molar refractivity (Wildman–Crippen MR) is 49.7 cm³/mol. The van der Waals surface area contributed by atoms with E-state index in [9.17, 15) is 13.6 Å². The summed E-state index contributed by atoms with van der Waals surface area (Å²) in [5.74, 6) is -0.438. The molecule has 0 aliphatic carbocycles. The summed E-state index contributed by atoms with van der Waals surface area (Å²) >= 11 is 0. The van der Waals surface area contributed by atoms with E-state index in [1.807, 2.05) is 0 Å². The van der Waals surface area contributed by atoms with Gasteiger partial charge in [-0.25, -0.2) is 8.78 Å². The van der Waals surface area contributed by atoms with Gasteiger partial charge in [0, 0.05) is 11.3 Å². The molecule has 0 radical (unpaired) electrons. The summed E-state index contributed by atoms with van der Waals surface area (Å²) in [6, 6.07) is 2.69. The fraction of sp³-hybridized carbons (Fsp3) is 0.400. The van der Waals surface area contributed by atoms with Crippen LogP contribution < -0.4 is 0 Å². The van der Waals surface area contributed by atoms with Crippen molar-refractivity contribution >= 4 is 5.97 Å². The minimum atomic E-state index is -2.54. The smallest absolute Gasteiger partial charge is 0.311 e. The Kier molecular flexibility index (Phi) is 3.71. The molecule has 0 saturated carbocycles. The lowest BCUT2D eigenvalue weighted by atomic mass is 10.1. The van der Waals surface area contributed by atoms with Crippen LogP contribution in [0.4, 0.5) is 8.78 Å². The molecular weight excluding hydrogens is 204 g/mol. The van der Waals surface area contributed by atoms with Crippen LogP contribution in [0, 0.1) is 6.92 Å². The van der Waals surface area contributed by atoms with Crippen LogP contribution in [-0.4, -0.2) is 18.1 Å². The Hall–Kier alpha value is -1.52. The van der Waals surface area contributed by atoms with E-state index in [-0.39, 0.29) is 17.7 Å². The highest BCUT2D eigenvalue weighted by molar-refractivity contribution is 5.71. The Morgan fingerprint density at radius 3 is 2.67 bits per heavy atom. The van der Waals surface area contributed by atoms with Crippen LogP contribution in [0.2, 0.25) is 0 Å². The molecule has 0 fully saturated rings. The van der Waals surface area contributed by atoms with Crippen LogP contribution in [0.1, 0.15) is 23.4 Å². The number of rotatable bonds is 3. The maximum Gasteiger partial charge on any atom is 0.311 e. The summed E-state index contributed by atoms with van der Waals surface area (Å²) in [5, 5.41) is 0. The monoisotopic (exact) mass is 215 g/mol. The van der Waals surface area contributed by atoms with Crippen molar-refractivity contribution in [1.82, 2.24) is 4.98 Å². The molecule has 0 spiro atoms. The minimum absolute atomic E-state index is 0.000851. The van der Waals surface area contributed by atoms with E-state index in [1.165, 1.54) is 26.2 Å². The summed E-state index contributed by atoms with van der Waals surface area (Å²) in [7, 11) is 1.27. The topological polar surface area (TPSA) is 39.2 Å². The number of carbonyl (C=O) groups is 1. The van der Waals surface area contributed by atoms with E-state index in [2.05, 4.69) is 9.72 Å². The lowest BCUT2D eigenvalue weighted by Crippen LogP contribution is -2.07. The Morgan fingerprint density at radius 1 is 1.53 bits per heavy atom. The number of aryl methyl sites for hydroxylation is 1. The number of hydrogen-bond donors (Lipinski definition) is 0. The van der Waals surface area contributed by atoms with Gasteiger partial charge in [-0.05, 0) is 19.1 Å². The third-order valence-electron chi connectivity index (χ3n) is 1.97. The number of esters is 1. The van der Waals surface area contributed by atoms with Crippen molar-refractivity contribution in [2.75, 3.05) is 7.11 Å². The largest absolute Gasteiger partial charge is 0.469 e. The highest BCUT2D eigenvalue weighted by Gasteiger charge is 2.12. The second-order valence-corrected chi connectivity index (χ2v) is 3.03. The number of carbonyl (C=O) groups excluding carboxylic acids is 1. The lowest BCUT2D eigenvalue weighted by Gasteiger charge is -2.05. The maximum atomic E-state index is 12.4. The van der Waals surface area contributed by atoms with Crippen LogP contribution in [0.15, 0.2) is 12.1 Å². The molecule has 0 unspecified atom stereocenters. The van der Waals surface area contributed by atoms with Crippen molar-refractivity contribution in [1.29, 1.82) is 0 Å². The molecule has 0 amide bonds. The van der Waals surface area contributed by atoms with Gasteiger partial charge in [-0.3, -0.25) is 9.78 Å². The normalized spacial score (nSPS) is 10.5. The predicted octanol–water partition coefficient (Wildman–Crippen LogP) is 2.04. The molecule has 0 bridgehead atoms. The molecule has 0 aliphatic rings. The van der Waals surface area contributed by atoms with E-state index >= 15 is 0 Å². The van der Waals surface area contributed by atoms with E-state index in [0.29, 0.717) is 5.69 Å². The molecule has 0 aliphatic heterocycles. The van der Waals surface area contributed by atoms with Gasteiger partial charge in [-0.2, -0.15) is 0 Å². The van der Waals surface area contributed by atoms with Gasteiger partial charge < -0.3 is 4.74 Å². The Labute approximate surface area is 86.1 Å². The molecular formula is C10H11F2NO2. The molecule has 5 heteroatoms. The van der Waals surface area contributed by atoms with Crippen LogP contribution >= 0.6 is 0 Å². The number of halogens is 2. The van der Waals surface area contributed by atoms with Crippen molar-refractivity contribution in [3.05, 3.63) is 29.1 Å². The third kappa shape index (κ3) is 2.97. The van der Waals surface area contributed by atoms with E-state index in [0.717, 1.165) is 0 Å². The first kappa shape index (κ1) is 11.6.